The zero-order valence-corrected chi connectivity index (χ0v) is 22.0. The zero-order chi connectivity index (χ0) is 25.4. The van der Waals surface area contributed by atoms with Crippen LogP contribution < -0.4 is 5.32 Å². The lowest BCUT2D eigenvalue weighted by Gasteiger charge is -2.37. The van der Waals surface area contributed by atoms with Crippen molar-refractivity contribution in [2.75, 3.05) is 64.2 Å². The topological polar surface area (TPSA) is 76.2 Å². The van der Waals surface area contributed by atoms with Crippen molar-refractivity contribution in [2.45, 2.75) is 59.4 Å². The highest BCUT2D eigenvalue weighted by Gasteiger charge is 2.27. The number of rotatable bonds is 9. The van der Waals surface area contributed by atoms with E-state index in [-0.39, 0.29) is 30.3 Å². The molecular weight excluding hydrogens is 442 g/mol. The predicted octanol–water partition coefficient (Wildman–Crippen LogP) is 2.50. The molecule has 0 unspecified atom stereocenters. The van der Waals surface area contributed by atoms with Gasteiger partial charge in [-0.3, -0.25) is 24.2 Å². The number of carbonyl (C=O) groups is 3. The Morgan fingerprint density at radius 3 is 2.20 bits per heavy atom. The van der Waals surface area contributed by atoms with E-state index in [1.165, 1.54) is 6.42 Å². The van der Waals surface area contributed by atoms with E-state index in [2.05, 4.69) is 15.1 Å². The van der Waals surface area contributed by atoms with E-state index < -0.39 is 0 Å². The Bertz CT molecular complexity index is 876. The summed E-state index contributed by atoms with van der Waals surface area (Å²) in [5, 5.41) is 2.98. The number of benzene rings is 1. The lowest BCUT2D eigenvalue weighted by Crippen LogP contribution is -2.54. The molecule has 0 aromatic heterocycles. The normalized spacial score (nSPS) is 18.2. The molecule has 0 aliphatic carbocycles. The van der Waals surface area contributed by atoms with E-state index in [4.69, 9.17) is 0 Å². The van der Waals surface area contributed by atoms with Crippen LogP contribution in [0.25, 0.3) is 0 Å². The molecule has 0 bridgehead atoms. The molecular formula is C27H43N5O3. The second-order valence-corrected chi connectivity index (χ2v) is 10.1. The number of nitrogens with zero attached hydrogens (tertiary/aromatic N) is 4. The number of aryl methyl sites for hydroxylation is 1. The van der Waals surface area contributed by atoms with E-state index in [1.807, 2.05) is 50.8 Å². The van der Waals surface area contributed by atoms with Crippen molar-refractivity contribution in [2.24, 2.45) is 0 Å². The maximum Gasteiger partial charge on any atom is 0.244 e. The summed E-state index contributed by atoms with van der Waals surface area (Å²) in [5.74, 6) is 0.0359. The Morgan fingerprint density at radius 1 is 0.943 bits per heavy atom. The van der Waals surface area contributed by atoms with Crippen LogP contribution in [0.4, 0.5) is 5.69 Å². The van der Waals surface area contributed by atoms with E-state index in [0.717, 1.165) is 75.3 Å². The average Bonchev–Trinajstić information content (AvgIpc) is 2.86. The van der Waals surface area contributed by atoms with Crippen molar-refractivity contribution >= 4 is 23.4 Å². The van der Waals surface area contributed by atoms with Gasteiger partial charge in [-0.2, -0.15) is 0 Å². The van der Waals surface area contributed by atoms with Gasteiger partial charge in [-0.25, -0.2) is 0 Å². The molecule has 8 nitrogen and oxygen atoms in total. The van der Waals surface area contributed by atoms with Gasteiger partial charge >= 0.3 is 0 Å². The highest BCUT2D eigenvalue weighted by Crippen LogP contribution is 2.18. The third kappa shape index (κ3) is 7.77. The van der Waals surface area contributed by atoms with Gasteiger partial charge in [0.25, 0.3) is 0 Å². The van der Waals surface area contributed by atoms with Gasteiger partial charge in [-0.05, 0) is 63.6 Å². The number of hydrogen-bond donors (Lipinski definition) is 1. The van der Waals surface area contributed by atoms with Crippen LogP contribution in [0.5, 0.6) is 0 Å². The number of likely N-dealkylation sites (tertiary alicyclic amines) is 1. The van der Waals surface area contributed by atoms with E-state index in [0.29, 0.717) is 13.1 Å². The minimum absolute atomic E-state index is 0.0182. The molecule has 0 spiro atoms. The van der Waals surface area contributed by atoms with Crippen LogP contribution in [-0.4, -0.2) is 102 Å². The molecule has 2 heterocycles. The summed E-state index contributed by atoms with van der Waals surface area (Å²) >= 11 is 0. The maximum atomic E-state index is 13.2. The second-order valence-electron chi connectivity index (χ2n) is 10.1. The predicted molar refractivity (Wildman–Crippen MR) is 139 cm³/mol. The van der Waals surface area contributed by atoms with Crippen molar-refractivity contribution in [3.05, 3.63) is 29.3 Å². The summed E-state index contributed by atoms with van der Waals surface area (Å²) in [7, 11) is 0. The first-order chi connectivity index (χ1) is 16.8. The molecule has 0 radical (unpaired) electrons. The quantitative estimate of drug-likeness (QED) is 0.582. The summed E-state index contributed by atoms with van der Waals surface area (Å²) < 4.78 is 0. The molecule has 0 saturated carbocycles. The fourth-order valence-corrected chi connectivity index (χ4v) is 4.76. The highest BCUT2D eigenvalue weighted by atomic mass is 16.2. The number of piperidine rings is 1. The molecule has 2 fully saturated rings. The first kappa shape index (κ1) is 27.1. The lowest BCUT2D eigenvalue weighted by atomic mass is 10.1. The van der Waals surface area contributed by atoms with E-state index in [9.17, 15) is 14.4 Å². The molecule has 3 amide bonds. The molecule has 2 saturated heterocycles. The van der Waals surface area contributed by atoms with Crippen LogP contribution in [0.15, 0.2) is 18.2 Å². The molecule has 1 atom stereocenters. The number of carbonyl (C=O) groups excluding carboxylic acids is 3. The third-order valence-corrected chi connectivity index (χ3v) is 7.53. The van der Waals surface area contributed by atoms with Gasteiger partial charge in [0.1, 0.15) is 6.54 Å². The molecule has 2 aliphatic heterocycles. The number of nitrogens with one attached hydrogen (secondary N) is 1. The fourth-order valence-electron chi connectivity index (χ4n) is 4.76. The van der Waals surface area contributed by atoms with Gasteiger partial charge < -0.3 is 15.1 Å². The summed E-state index contributed by atoms with van der Waals surface area (Å²) in [6.45, 7) is 13.7. The van der Waals surface area contributed by atoms with Crippen LogP contribution in [0.1, 0.15) is 50.7 Å². The molecule has 3 rings (SSSR count). The highest BCUT2D eigenvalue weighted by molar-refractivity contribution is 5.95. The van der Waals surface area contributed by atoms with Gasteiger partial charge in [0.05, 0.1) is 13.1 Å². The Kier molecular flexibility index (Phi) is 10.1. The minimum Gasteiger partial charge on any atom is -0.342 e. The standard InChI is InChI=1S/C27H43N5O3/c1-5-22(3)32(18-25(33)28-24-11-9-10-21(2)23(24)4)27(35)20-30-16-14-29(15-17-30)19-26(34)31-12-7-6-8-13-31/h9-11,22H,5-8,12-20H2,1-4H3,(H,28,33)/t22-/m0/s1. The fraction of sp³-hybridized carbons (Fsp3) is 0.667. The van der Waals surface area contributed by atoms with Crippen molar-refractivity contribution < 1.29 is 14.4 Å². The smallest absolute Gasteiger partial charge is 0.244 e. The number of piperazine rings is 1. The van der Waals surface area contributed by atoms with Crippen molar-refractivity contribution in [3.63, 3.8) is 0 Å². The Balaban J connectivity index is 1.49. The van der Waals surface area contributed by atoms with Crippen LogP contribution in [0.3, 0.4) is 0 Å². The van der Waals surface area contributed by atoms with Gasteiger partial charge in [-0.15, -0.1) is 0 Å². The van der Waals surface area contributed by atoms with Crippen molar-refractivity contribution in [3.8, 4) is 0 Å². The molecule has 1 aromatic carbocycles. The summed E-state index contributed by atoms with van der Waals surface area (Å²) in [5.41, 5.74) is 2.95. The van der Waals surface area contributed by atoms with Crippen LogP contribution in [-0.2, 0) is 14.4 Å². The minimum atomic E-state index is -0.173. The Hall–Kier alpha value is -2.45. The first-order valence-electron chi connectivity index (χ1n) is 13.2. The van der Waals surface area contributed by atoms with Gasteiger partial charge in [0.2, 0.25) is 17.7 Å². The van der Waals surface area contributed by atoms with E-state index in [1.54, 1.807) is 4.90 Å². The second kappa shape index (κ2) is 13.0. The van der Waals surface area contributed by atoms with Crippen LogP contribution in [0, 0.1) is 13.8 Å². The summed E-state index contributed by atoms with van der Waals surface area (Å²) in [6.07, 6.45) is 4.22. The summed E-state index contributed by atoms with van der Waals surface area (Å²) in [4.78, 5) is 46.6. The number of anilines is 1. The third-order valence-electron chi connectivity index (χ3n) is 7.53. The summed E-state index contributed by atoms with van der Waals surface area (Å²) in [6, 6.07) is 5.82. The Labute approximate surface area is 210 Å². The molecule has 35 heavy (non-hydrogen) atoms. The van der Waals surface area contributed by atoms with Gasteiger partial charge in [0, 0.05) is 51.0 Å². The van der Waals surface area contributed by atoms with Gasteiger partial charge in [-0.1, -0.05) is 19.1 Å². The maximum absolute atomic E-state index is 13.2. The molecule has 194 valence electrons. The monoisotopic (exact) mass is 485 g/mol. The largest absolute Gasteiger partial charge is 0.342 e. The van der Waals surface area contributed by atoms with E-state index >= 15 is 0 Å². The van der Waals surface area contributed by atoms with Gasteiger partial charge in [0.15, 0.2) is 0 Å². The first-order valence-corrected chi connectivity index (χ1v) is 13.2. The Morgan fingerprint density at radius 2 is 1.57 bits per heavy atom. The molecule has 1 N–H and O–H groups in total. The molecule has 8 heteroatoms. The van der Waals surface area contributed by atoms with Crippen molar-refractivity contribution in [1.29, 1.82) is 0 Å². The molecule has 1 aromatic rings. The van der Waals surface area contributed by atoms with Crippen molar-refractivity contribution in [1.82, 2.24) is 19.6 Å². The molecule has 2 aliphatic rings. The lowest BCUT2D eigenvalue weighted by molar-refractivity contribution is -0.138. The van der Waals surface area contributed by atoms with Crippen LogP contribution in [0.2, 0.25) is 0 Å². The zero-order valence-electron chi connectivity index (χ0n) is 22.0. The number of amides is 3. The number of hydrogen-bond acceptors (Lipinski definition) is 5. The van der Waals surface area contributed by atoms with Crippen LogP contribution >= 0.6 is 0 Å². The SMILES string of the molecule is CC[C@H](C)N(CC(=O)Nc1cccc(C)c1C)C(=O)CN1CCN(CC(=O)N2CCCCC2)CC1. The average molecular weight is 486 g/mol.